The van der Waals surface area contributed by atoms with Crippen molar-refractivity contribution in [1.29, 1.82) is 0 Å². The van der Waals surface area contributed by atoms with Gasteiger partial charge in [-0.25, -0.2) is 0 Å². The minimum Gasteiger partial charge on any atom is -1.00 e. The van der Waals surface area contributed by atoms with Crippen molar-refractivity contribution in [1.82, 2.24) is 0 Å². The predicted octanol–water partition coefficient (Wildman–Crippen LogP) is -7.03. The highest BCUT2D eigenvalue weighted by molar-refractivity contribution is 4.96. The van der Waals surface area contributed by atoms with Crippen molar-refractivity contribution < 1.29 is 85.4 Å². The summed E-state index contributed by atoms with van der Waals surface area (Å²) in [6, 6.07) is 0. The number of likely N-dealkylation sites (N-methyl/N-ethyl adjacent to an activating group) is 2. The van der Waals surface area contributed by atoms with Gasteiger partial charge in [-0.05, 0) is 12.8 Å². The number of hydrogen-bond donors (Lipinski definition) is 0. The van der Waals surface area contributed by atoms with Gasteiger partial charge in [-0.1, -0.05) is 12.2 Å². The average molecular weight is 689 g/mol. The third-order valence-electron chi connectivity index (χ3n) is 6.95. The van der Waals surface area contributed by atoms with E-state index in [1.807, 2.05) is 0 Å². The number of likely N-dealkylation sites (tertiary alicyclic amines) is 1. The lowest BCUT2D eigenvalue weighted by atomic mass is 9.86. The molecule has 0 bridgehead atoms. The summed E-state index contributed by atoms with van der Waals surface area (Å²) in [4.78, 5) is 0. The van der Waals surface area contributed by atoms with Crippen LogP contribution in [0.2, 0.25) is 0 Å². The van der Waals surface area contributed by atoms with E-state index < -0.39 is 0 Å². The molecule has 2 saturated heterocycles. The standard InChI is InChI=1S/C19H38N3.3HI/c1-20(2)12-14-21(3,15-13-20)10-7-11-22(4)16-18-8-5-6-9-19(18)17-22;;;/h5-6,18-19H,7-17H2,1-4H3;3*1H/q+3;;;/p-3. The minimum atomic E-state index is 0. The molecule has 3 rings (SSSR count). The molecular weight excluding hydrogens is 651 g/mol. The third-order valence-corrected chi connectivity index (χ3v) is 6.95. The second kappa shape index (κ2) is 10.5. The van der Waals surface area contributed by atoms with Crippen molar-refractivity contribution in [2.24, 2.45) is 11.8 Å². The molecule has 2 atom stereocenters. The Morgan fingerprint density at radius 3 is 1.60 bits per heavy atom. The van der Waals surface area contributed by atoms with Crippen LogP contribution in [-0.2, 0) is 0 Å². The molecule has 6 heteroatoms. The van der Waals surface area contributed by atoms with Crippen LogP contribution in [0.25, 0.3) is 0 Å². The van der Waals surface area contributed by atoms with Gasteiger partial charge >= 0.3 is 0 Å². The van der Waals surface area contributed by atoms with Crippen LogP contribution in [0.4, 0.5) is 0 Å². The van der Waals surface area contributed by atoms with Crippen molar-refractivity contribution in [3.8, 4) is 0 Å². The summed E-state index contributed by atoms with van der Waals surface area (Å²) in [5.41, 5.74) is 0. The molecule has 0 spiro atoms. The Balaban J connectivity index is 0.00000192. The molecule has 3 nitrogen and oxygen atoms in total. The molecule has 0 aromatic rings. The van der Waals surface area contributed by atoms with E-state index >= 15 is 0 Å². The molecule has 0 saturated carbocycles. The van der Waals surface area contributed by atoms with E-state index in [2.05, 4.69) is 40.3 Å². The fourth-order valence-electron chi connectivity index (χ4n) is 5.07. The zero-order chi connectivity index (χ0) is 15.8. The van der Waals surface area contributed by atoms with Gasteiger partial charge in [-0.2, -0.15) is 0 Å². The molecule has 2 aliphatic heterocycles. The van der Waals surface area contributed by atoms with Gasteiger partial charge in [0.2, 0.25) is 0 Å². The van der Waals surface area contributed by atoms with Gasteiger partial charge in [0.15, 0.2) is 0 Å². The monoisotopic (exact) mass is 689 g/mol. The number of allylic oxidation sites excluding steroid dienone is 2. The van der Waals surface area contributed by atoms with Crippen molar-refractivity contribution in [2.75, 3.05) is 80.5 Å². The largest absolute Gasteiger partial charge is 1.00 e. The Bertz CT molecular complexity index is 414. The molecule has 2 fully saturated rings. The van der Waals surface area contributed by atoms with Gasteiger partial charge in [0, 0.05) is 18.3 Å². The van der Waals surface area contributed by atoms with E-state index in [0.29, 0.717) is 0 Å². The summed E-state index contributed by atoms with van der Waals surface area (Å²) in [6.45, 7) is 11.1. The van der Waals surface area contributed by atoms with Gasteiger partial charge in [0.25, 0.3) is 0 Å². The number of rotatable bonds is 4. The smallest absolute Gasteiger partial charge is 0.128 e. The fraction of sp³-hybridized carbons (Fsp3) is 0.895. The SMILES string of the molecule is C[N+]1(C)CC[N+](C)(CCC[N+]2(C)CC3CC=CCC3C2)CC1.[I-].[I-].[I-]. The summed E-state index contributed by atoms with van der Waals surface area (Å²) in [5.74, 6) is 1.96. The maximum atomic E-state index is 2.52. The fourth-order valence-corrected chi connectivity index (χ4v) is 5.07. The molecule has 150 valence electrons. The molecule has 25 heavy (non-hydrogen) atoms. The van der Waals surface area contributed by atoms with E-state index in [1.165, 1.54) is 85.1 Å². The van der Waals surface area contributed by atoms with Crippen molar-refractivity contribution in [3.63, 3.8) is 0 Å². The van der Waals surface area contributed by atoms with E-state index in [-0.39, 0.29) is 71.9 Å². The molecular formula is C19H38I3N3. The summed E-state index contributed by atoms with van der Waals surface area (Å²) in [5, 5.41) is 0. The number of hydrogen-bond acceptors (Lipinski definition) is 0. The van der Waals surface area contributed by atoms with E-state index in [9.17, 15) is 0 Å². The Morgan fingerprint density at radius 1 is 0.680 bits per heavy atom. The third kappa shape index (κ3) is 7.29. The minimum absolute atomic E-state index is 0. The van der Waals surface area contributed by atoms with Gasteiger partial charge in [-0.15, -0.1) is 0 Å². The van der Waals surface area contributed by atoms with Gasteiger partial charge in [-0.3, -0.25) is 0 Å². The normalized spacial score (nSPS) is 34.9. The average Bonchev–Trinajstić information content (AvgIpc) is 2.79. The van der Waals surface area contributed by atoms with Crippen molar-refractivity contribution >= 4 is 0 Å². The molecule has 0 amide bonds. The topological polar surface area (TPSA) is 0 Å². The Hall–Kier alpha value is 1.81. The van der Waals surface area contributed by atoms with E-state index in [1.54, 1.807) is 0 Å². The van der Waals surface area contributed by atoms with Gasteiger partial charge in [0.1, 0.15) is 26.2 Å². The van der Waals surface area contributed by atoms with Crippen LogP contribution < -0.4 is 71.9 Å². The zero-order valence-corrected chi connectivity index (χ0v) is 23.0. The van der Waals surface area contributed by atoms with Crippen LogP contribution in [0.5, 0.6) is 0 Å². The predicted molar refractivity (Wildman–Crippen MR) is 93.4 cm³/mol. The summed E-state index contributed by atoms with van der Waals surface area (Å²) in [6.07, 6.45) is 8.96. The first-order valence-corrected chi connectivity index (χ1v) is 9.43. The highest BCUT2D eigenvalue weighted by Crippen LogP contribution is 2.36. The molecule has 3 aliphatic rings. The molecule has 2 heterocycles. The number of fused-ring (bicyclic) bond motifs is 1. The summed E-state index contributed by atoms with van der Waals surface area (Å²) in [7, 11) is 9.78. The number of nitrogens with zero attached hydrogens (tertiary/aromatic N) is 3. The quantitative estimate of drug-likeness (QED) is 0.157. The Morgan fingerprint density at radius 2 is 1.12 bits per heavy atom. The van der Waals surface area contributed by atoms with Crippen molar-refractivity contribution in [3.05, 3.63) is 12.2 Å². The first-order chi connectivity index (χ1) is 10.3. The zero-order valence-electron chi connectivity index (χ0n) is 16.6. The number of quaternary nitrogens is 3. The lowest BCUT2D eigenvalue weighted by Gasteiger charge is -2.44. The lowest BCUT2D eigenvalue weighted by Crippen LogP contribution is -3.00. The highest BCUT2D eigenvalue weighted by Gasteiger charge is 2.42. The summed E-state index contributed by atoms with van der Waals surface area (Å²) >= 11 is 0. The molecule has 1 aliphatic carbocycles. The van der Waals surface area contributed by atoms with Crippen molar-refractivity contribution in [2.45, 2.75) is 19.3 Å². The van der Waals surface area contributed by atoms with Gasteiger partial charge < -0.3 is 85.4 Å². The van der Waals surface area contributed by atoms with Crippen LogP contribution in [0.15, 0.2) is 12.2 Å². The molecule has 0 aromatic heterocycles. The van der Waals surface area contributed by atoms with Crippen LogP contribution >= 0.6 is 0 Å². The van der Waals surface area contributed by atoms with Crippen LogP contribution in [0, 0.1) is 11.8 Å². The molecule has 0 aromatic carbocycles. The summed E-state index contributed by atoms with van der Waals surface area (Å²) < 4.78 is 3.88. The maximum Gasteiger partial charge on any atom is 0.128 e. The van der Waals surface area contributed by atoms with Gasteiger partial charge in [0.05, 0.1) is 54.4 Å². The first-order valence-electron chi connectivity index (χ1n) is 9.43. The van der Waals surface area contributed by atoms with Crippen LogP contribution in [0.1, 0.15) is 19.3 Å². The second-order valence-corrected chi connectivity index (χ2v) is 9.70. The van der Waals surface area contributed by atoms with Crippen LogP contribution in [0.3, 0.4) is 0 Å². The molecule has 0 radical (unpaired) electrons. The van der Waals surface area contributed by atoms with Crippen LogP contribution in [-0.4, -0.2) is 94.0 Å². The first kappa shape index (κ1) is 26.8. The Labute approximate surface area is 207 Å². The lowest BCUT2D eigenvalue weighted by molar-refractivity contribution is -1.01. The molecule has 0 N–H and O–H groups in total. The molecule has 2 unspecified atom stereocenters. The van der Waals surface area contributed by atoms with E-state index in [4.69, 9.17) is 0 Å². The Kier molecular flexibility index (Phi) is 11.3. The number of halogens is 3. The number of piperazine rings is 1. The van der Waals surface area contributed by atoms with E-state index in [0.717, 1.165) is 11.8 Å². The maximum absolute atomic E-state index is 2.52. The second-order valence-electron chi connectivity index (χ2n) is 9.70. The highest BCUT2D eigenvalue weighted by atomic mass is 127.